The van der Waals surface area contributed by atoms with Gasteiger partial charge in [0.2, 0.25) is 0 Å². The maximum atomic E-state index is 11.8. The van der Waals surface area contributed by atoms with Crippen molar-refractivity contribution in [1.82, 2.24) is 0 Å². The van der Waals surface area contributed by atoms with Crippen LogP contribution in [0.3, 0.4) is 0 Å². The minimum absolute atomic E-state index is 0.178. The Morgan fingerprint density at radius 3 is 2.40 bits per heavy atom. The smallest absolute Gasteiger partial charge is 0.150 e. The normalized spacial score (nSPS) is 27.0. The molecule has 0 aliphatic heterocycles. The van der Waals surface area contributed by atoms with Gasteiger partial charge >= 0.3 is 0 Å². The molecule has 1 fully saturated rings. The summed E-state index contributed by atoms with van der Waals surface area (Å²) in [6.45, 7) is 1.99. The first-order valence-corrected chi connectivity index (χ1v) is 9.28. The highest BCUT2D eigenvalue weighted by Crippen LogP contribution is 2.39. The van der Waals surface area contributed by atoms with Crippen LogP contribution in [0.5, 0.6) is 0 Å². The van der Waals surface area contributed by atoms with Gasteiger partial charge in [0.05, 0.1) is 5.25 Å². The van der Waals surface area contributed by atoms with E-state index in [1.165, 1.54) is 6.26 Å². The molecule has 1 saturated carbocycles. The fourth-order valence-corrected chi connectivity index (χ4v) is 4.43. The van der Waals surface area contributed by atoms with E-state index in [0.717, 1.165) is 24.8 Å². The lowest BCUT2D eigenvalue weighted by Crippen LogP contribution is -2.45. The Labute approximate surface area is 126 Å². The molecule has 1 aliphatic rings. The highest BCUT2D eigenvalue weighted by Gasteiger charge is 2.38. The lowest BCUT2D eigenvalue weighted by Gasteiger charge is -2.39. The number of hydrogen-bond acceptors (Lipinski definition) is 3. The monoisotopic (exact) mass is 315 g/mol. The zero-order valence-corrected chi connectivity index (χ0v) is 13.5. The summed E-state index contributed by atoms with van der Waals surface area (Å²) in [6.07, 6.45) is 4.63. The van der Waals surface area contributed by atoms with Crippen molar-refractivity contribution >= 4 is 21.4 Å². The average molecular weight is 316 g/mol. The predicted octanol–water partition coefficient (Wildman–Crippen LogP) is 3.12. The summed E-state index contributed by atoms with van der Waals surface area (Å²) in [5.41, 5.74) is 7.03. The summed E-state index contributed by atoms with van der Waals surface area (Å²) in [5, 5.41) is 0.429. The Morgan fingerprint density at radius 2 is 1.85 bits per heavy atom. The van der Waals surface area contributed by atoms with Crippen LogP contribution in [0.1, 0.15) is 38.2 Å². The Hall–Kier alpha value is -0.580. The fourth-order valence-electron chi connectivity index (χ4n) is 3.12. The van der Waals surface area contributed by atoms with Crippen molar-refractivity contribution < 1.29 is 8.42 Å². The molecule has 0 amide bonds. The molecule has 0 saturated heterocycles. The van der Waals surface area contributed by atoms with Crippen molar-refractivity contribution in [2.45, 2.75) is 43.4 Å². The molecule has 0 spiro atoms. The van der Waals surface area contributed by atoms with Gasteiger partial charge < -0.3 is 5.73 Å². The third kappa shape index (κ3) is 3.35. The SMILES string of the molecule is CC(N)(c1ccc(Cl)cc1)C1CCCC(S(C)(=O)=O)C1. The topological polar surface area (TPSA) is 60.2 Å². The molecule has 0 bridgehead atoms. The Bertz CT molecular complexity index is 566. The summed E-state index contributed by atoms with van der Waals surface area (Å²) >= 11 is 5.91. The number of sulfone groups is 1. The largest absolute Gasteiger partial charge is 0.321 e. The maximum absolute atomic E-state index is 11.8. The summed E-state index contributed by atoms with van der Waals surface area (Å²) in [7, 11) is -2.98. The Morgan fingerprint density at radius 1 is 1.25 bits per heavy atom. The molecule has 3 atom stereocenters. The maximum Gasteiger partial charge on any atom is 0.150 e. The van der Waals surface area contributed by atoms with Gasteiger partial charge in [-0.15, -0.1) is 0 Å². The minimum Gasteiger partial charge on any atom is -0.321 e. The molecular formula is C15H22ClNO2S. The summed E-state index contributed by atoms with van der Waals surface area (Å²) in [5.74, 6) is 0.178. The van der Waals surface area contributed by atoms with Crippen molar-refractivity contribution in [1.29, 1.82) is 0 Å². The second-order valence-corrected chi connectivity index (χ2v) is 8.87. The zero-order valence-electron chi connectivity index (χ0n) is 12.0. The van der Waals surface area contributed by atoms with E-state index in [1.54, 1.807) is 0 Å². The van der Waals surface area contributed by atoms with Crippen LogP contribution in [0.2, 0.25) is 5.02 Å². The highest BCUT2D eigenvalue weighted by molar-refractivity contribution is 7.91. The molecule has 0 radical (unpaired) electrons. The van der Waals surface area contributed by atoms with Crippen LogP contribution in [0, 0.1) is 5.92 Å². The lowest BCUT2D eigenvalue weighted by atomic mass is 9.72. The van der Waals surface area contributed by atoms with Crippen molar-refractivity contribution in [3.8, 4) is 0 Å². The van der Waals surface area contributed by atoms with E-state index in [1.807, 2.05) is 31.2 Å². The van der Waals surface area contributed by atoms with Crippen molar-refractivity contribution in [3.63, 3.8) is 0 Å². The van der Waals surface area contributed by atoms with Crippen molar-refractivity contribution in [3.05, 3.63) is 34.9 Å². The molecule has 3 nitrogen and oxygen atoms in total. The second kappa shape index (κ2) is 5.66. The first-order valence-electron chi connectivity index (χ1n) is 6.95. The predicted molar refractivity (Wildman–Crippen MR) is 83.6 cm³/mol. The molecule has 1 aromatic carbocycles. The van der Waals surface area contributed by atoms with E-state index in [0.29, 0.717) is 11.4 Å². The molecule has 0 heterocycles. The van der Waals surface area contributed by atoms with Gasteiger partial charge in [0.15, 0.2) is 0 Å². The van der Waals surface area contributed by atoms with Crippen LogP contribution < -0.4 is 5.73 Å². The molecule has 2 N–H and O–H groups in total. The van der Waals surface area contributed by atoms with E-state index in [2.05, 4.69) is 0 Å². The molecule has 3 unspecified atom stereocenters. The van der Waals surface area contributed by atoms with Crippen LogP contribution >= 0.6 is 11.6 Å². The van der Waals surface area contributed by atoms with E-state index < -0.39 is 15.4 Å². The fraction of sp³-hybridized carbons (Fsp3) is 0.600. The van der Waals surface area contributed by atoms with Gasteiger partial charge in [-0.2, -0.15) is 0 Å². The molecule has 20 heavy (non-hydrogen) atoms. The van der Waals surface area contributed by atoms with E-state index in [-0.39, 0.29) is 11.2 Å². The first-order chi connectivity index (χ1) is 9.21. The third-order valence-corrected chi connectivity index (χ3v) is 6.44. The van der Waals surface area contributed by atoms with Crippen molar-refractivity contribution in [2.24, 2.45) is 11.7 Å². The van der Waals surface area contributed by atoms with Gasteiger partial charge in [-0.05, 0) is 49.8 Å². The number of rotatable bonds is 3. The average Bonchev–Trinajstić information content (AvgIpc) is 2.38. The Kier molecular flexibility index (Phi) is 4.47. The number of nitrogens with two attached hydrogens (primary N) is 1. The van der Waals surface area contributed by atoms with Gasteiger partial charge in [0.25, 0.3) is 0 Å². The molecule has 0 aromatic heterocycles. The molecular weight excluding hydrogens is 294 g/mol. The Balaban J connectivity index is 2.23. The minimum atomic E-state index is -2.98. The van der Waals surface area contributed by atoms with Gasteiger partial charge in [-0.25, -0.2) is 8.42 Å². The van der Waals surface area contributed by atoms with Crippen LogP contribution in [0.15, 0.2) is 24.3 Å². The van der Waals surface area contributed by atoms with Gasteiger partial charge in [0, 0.05) is 16.8 Å². The first kappa shape index (κ1) is 15.8. The number of benzene rings is 1. The summed E-state index contributed by atoms with van der Waals surface area (Å²) in [4.78, 5) is 0. The molecule has 1 aliphatic carbocycles. The third-order valence-electron chi connectivity index (χ3n) is 4.55. The number of halogens is 1. The highest BCUT2D eigenvalue weighted by atomic mass is 35.5. The quantitative estimate of drug-likeness (QED) is 0.932. The van der Waals surface area contributed by atoms with Crippen LogP contribution in [0.25, 0.3) is 0 Å². The summed E-state index contributed by atoms with van der Waals surface area (Å²) in [6, 6.07) is 7.54. The van der Waals surface area contributed by atoms with Gasteiger partial charge in [0.1, 0.15) is 9.84 Å². The number of hydrogen-bond donors (Lipinski definition) is 1. The van der Waals surface area contributed by atoms with Gasteiger partial charge in [-0.1, -0.05) is 30.2 Å². The van der Waals surface area contributed by atoms with E-state index >= 15 is 0 Å². The summed E-state index contributed by atoms with van der Waals surface area (Å²) < 4.78 is 23.6. The second-order valence-electron chi connectivity index (χ2n) is 6.10. The zero-order chi connectivity index (χ0) is 15.0. The molecule has 2 rings (SSSR count). The van der Waals surface area contributed by atoms with Crippen molar-refractivity contribution in [2.75, 3.05) is 6.26 Å². The standard InChI is InChI=1S/C15H22ClNO2S/c1-15(17,11-6-8-13(16)9-7-11)12-4-3-5-14(10-12)20(2,18)19/h6-9,12,14H,3-5,10,17H2,1-2H3. The molecule has 1 aromatic rings. The van der Waals surface area contributed by atoms with Crippen LogP contribution in [0.4, 0.5) is 0 Å². The van der Waals surface area contributed by atoms with Crippen LogP contribution in [-0.2, 0) is 15.4 Å². The van der Waals surface area contributed by atoms with Gasteiger partial charge in [-0.3, -0.25) is 0 Å². The lowest BCUT2D eigenvalue weighted by molar-refractivity contribution is 0.226. The molecule has 112 valence electrons. The van der Waals surface area contributed by atoms with E-state index in [4.69, 9.17) is 17.3 Å². The van der Waals surface area contributed by atoms with Crippen LogP contribution in [-0.4, -0.2) is 19.9 Å². The molecule has 5 heteroatoms. The van der Waals surface area contributed by atoms with E-state index in [9.17, 15) is 8.42 Å².